The van der Waals surface area contributed by atoms with Gasteiger partial charge < -0.3 is 10.4 Å². The zero-order valence-corrected chi connectivity index (χ0v) is 10.2. The number of hydrogen-bond donors (Lipinski definition) is 2. The smallest absolute Gasteiger partial charge is 0.182 e. The topological polar surface area (TPSA) is 32.3 Å². The minimum Gasteiger partial charge on any atom is -0.387 e. The number of anilines is 1. The number of nitrogens with one attached hydrogen (secondary N) is 1. The minimum absolute atomic E-state index is 0.219. The van der Waals surface area contributed by atoms with Crippen LogP contribution in [0.3, 0.4) is 0 Å². The Morgan fingerprint density at radius 1 is 1.00 bits per heavy atom. The molecular weight excluding hydrogens is 274 g/mol. The molecule has 0 heterocycles. The van der Waals surface area contributed by atoms with Gasteiger partial charge in [0.25, 0.3) is 0 Å². The summed E-state index contributed by atoms with van der Waals surface area (Å²) in [4.78, 5) is 0. The first-order chi connectivity index (χ1) is 9.47. The van der Waals surface area contributed by atoms with Crippen molar-refractivity contribution in [2.45, 2.75) is 6.10 Å². The van der Waals surface area contributed by atoms with Gasteiger partial charge in [0.15, 0.2) is 11.6 Å². The highest BCUT2D eigenvalue weighted by molar-refractivity contribution is 5.45. The SMILES string of the molecule is OC(CNc1cc(F)cc(F)c1F)c1cccc(F)c1. The van der Waals surface area contributed by atoms with Gasteiger partial charge in [-0.1, -0.05) is 12.1 Å². The minimum atomic E-state index is -1.33. The number of aliphatic hydroxyl groups excluding tert-OH is 1. The van der Waals surface area contributed by atoms with Crippen molar-refractivity contribution in [3.05, 3.63) is 65.2 Å². The Morgan fingerprint density at radius 3 is 2.45 bits per heavy atom. The quantitative estimate of drug-likeness (QED) is 0.666. The molecule has 0 aromatic heterocycles. The van der Waals surface area contributed by atoms with E-state index in [1.54, 1.807) is 0 Å². The van der Waals surface area contributed by atoms with E-state index in [1.165, 1.54) is 18.2 Å². The van der Waals surface area contributed by atoms with E-state index >= 15 is 0 Å². The van der Waals surface area contributed by atoms with Crippen molar-refractivity contribution < 1.29 is 22.7 Å². The first kappa shape index (κ1) is 14.3. The molecule has 2 N–H and O–H groups in total. The molecule has 20 heavy (non-hydrogen) atoms. The number of halogens is 4. The van der Waals surface area contributed by atoms with E-state index in [9.17, 15) is 22.7 Å². The molecule has 0 saturated carbocycles. The molecule has 2 rings (SSSR count). The van der Waals surface area contributed by atoms with Gasteiger partial charge in [0, 0.05) is 18.7 Å². The standard InChI is InChI=1S/C14H11F4NO/c15-9-3-1-2-8(4-9)13(20)7-19-12-6-10(16)5-11(17)14(12)18/h1-6,13,19-20H,7H2. The molecule has 2 aromatic rings. The van der Waals surface area contributed by atoms with E-state index in [1.807, 2.05) is 0 Å². The van der Waals surface area contributed by atoms with Crippen LogP contribution < -0.4 is 5.32 Å². The van der Waals surface area contributed by atoms with Gasteiger partial charge in [-0.3, -0.25) is 0 Å². The Balaban J connectivity index is 2.09. The van der Waals surface area contributed by atoms with Crippen LogP contribution in [-0.4, -0.2) is 11.7 Å². The Kier molecular flexibility index (Phi) is 4.24. The molecule has 0 aliphatic carbocycles. The summed E-state index contributed by atoms with van der Waals surface area (Å²) in [7, 11) is 0. The first-order valence-electron chi connectivity index (χ1n) is 5.79. The predicted molar refractivity (Wildman–Crippen MR) is 66.2 cm³/mol. The van der Waals surface area contributed by atoms with Crippen LogP contribution in [0.15, 0.2) is 36.4 Å². The number of benzene rings is 2. The third-order valence-electron chi connectivity index (χ3n) is 2.71. The van der Waals surface area contributed by atoms with Crippen LogP contribution in [0.25, 0.3) is 0 Å². The number of hydrogen-bond acceptors (Lipinski definition) is 2. The molecule has 0 spiro atoms. The summed E-state index contributed by atoms with van der Waals surface area (Å²) in [6, 6.07) is 6.43. The van der Waals surface area contributed by atoms with Crippen LogP contribution in [0.5, 0.6) is 0 Å². The molecule has 0 aliphatic rings. The average molecular weight is 285 g/mol. The van der Waals surface area contributed by atoms with Gasteiger partial charge in [-0.05, 0) is 17.7 Å². The molecule has 0 radical (unpaired) electrons. The van der Waals surface area contributed by atoms with Gasteiger partial charge in [-0.2, -0.15) is 0 Å². The van der Waals surface area contributed by atoms with Crippen LogP contribution in [0.2, 0.25) is 0 Å². The monoisotopic (exact) mass is 285 g/mol. The lowest BCUT2D eigenvalue weighted by atomic mass is 10.1. The van der Waals surface area contributed by atoms with Crippen molar-refractivity contribution in [2.75, 3.05) is 11.9 Å². The van der Waals surface area contributed by atoms with Gasteiger partial charge in [0.2, 0.25) is 0 Å². The largest absolute Gasteiger partial charge is 0.387 e. The average Bonchev–Trinajstić information content (AvgIpc) is 2.40. The molecule has 0 fully saturated rings. The van der Waals surface area contributed by atoms with Crippen molar-refractivity contribution in [2.24, 2.45) is 0 Å². The Hall–Kier alpha value is -2.08. The molecule has 1 atom stereocenters. The van der Waals surface area contributed by atoms with Crippen LogP contribution >= 0.6 is 0 Å². The second-order valence-corrected chi connectivity index (χ2v) is 4.20. The number of aliphatic hydroxyl groups is 1. The first-order valence-corrected chi connectivity index (χ1v) is 5.79. The third-order valence-corrected chi connectivity index (χ3v) is 2.71. The summed E-state index contributed by atoms with van der Waals surface area (Å²) < 4.78 is 52.2. The molecule has 2 nitrogen and oxygen atoms in total. The van der Waals surface area contributed by atoms with Crippen molar-refractivity contribution in [1.82, 2.24) is 0 Å². The maximum Gasteiger partial charge on any atom is 0.182 e. The van der Waals surface area contributed by atoms with Gasteiger partial charge in [-0.15, -0.1) is 0 Å². The zero-order chi connectivity index (χ0) is 14.7. The van der Waals surface area contributed by atoms with Crippen LogP contribution in [0, 0.1) is 23.3 Å². The lowest BCUT2D eigenvalue weighted by Gasteiger charge is -2.14. The molecular formula is C14H11F4NO. The van der Waals surface area contributed by atoms with Gasteiger partial charge in [0.05, 0.1) is 11.8 Å². The normalized spacial score (nSPS) is 12.2. The van der Waals surface area contributed by atoms with E-state index in [0.717, 1.165) is 12.1 Å². The molecule has 0 aliphatic heterocycles. The lowest BCUT2D eigenvalue weighted by molar-refractivity contribution is 0.191. The molecule has 0 amide bonds. The second kappa shape index (κ2) is 5.92. The summed E-state index contributed by atoms with van der Waals surface area (Å²) in [5.41, 5.74) is -0.132. The van der Waals surface area contributed by atoms with E-state index in [2.05, 4.69) is 5.32 Å². The van der Waals surface area contributed by atoms with Crippen LogP contribution in [-0.2, 0) is 0 Å². The maximum absolute atomic E-state index is 13.4. The molecule has 106 valence electrons. The Labute approximate surface area is 112 Å². The van der Waals surface area contributed by atoms with Gasteiger partial charge in [0.1, 0.15) is 11.6 Å². The molecule has 1 unspecified atom stereocenters. The molecule has 2 aromatic carbocycles. The Morgan fingerprint density at radius 2 is 1.75 bits per heavy atom. The van der Waals surface area contributed by atoms with Crippen LogP contribution in [0.1, 0.15) is 11.7 Å². The molecule has 0 saturated heterocycles. The van der Waals surface area contributed by atoms with Crippen molar-refractivity contribution >= 4 is 5.69 Å². The van der Waals surface area contributed by atoms with Crippen molar-refractivity contribution in [3.8, 4) is 0 Å². The summed E-state index contributed by atoms with van der Waals surface area (Å²) in [6.45, 7) is -0.219. The highest BCUT2D eigenvalue weighted by atomic mass is 19.2. The highest BCUT2D eigenvalue weighted by Crippen LogP contribution is 2.21. The fourth-order valence-corrected chi connectivity index (χ4v) is 1.72. The summed E-state index contributed by atoms with van der Waals surface area (Å²) in [5, 5.41) is 12.2. The van der Waals surface area contributed by atoms with Gasteiger partial charge >= 0.3 is 0 Å². The summed E-state index contributed by atoms with van der Waals surface area (Å²) >= 11 is 0. The summed E-state index contributed by atoms with van der Waals surface area (Å²) in [5.74, 6) is -4.03. The Bertz CT molecular complexity index is 618. The zero-order valence-electron chi connectivity index (χ0n) is 10.2. The van der Waals surface area contributed by atoms with Crippen molar-refractivity contribution in [3.63, 3.8) is 0 Å². The molecule has 0 bridgehead atoms. The number of rotatable bonds is 4. The van der Waals surface area contributed by atoms with Crippen molar-refractivity contribution in [1.29, 1.82) is 0 Å². The highest BCUT2D eigenvalue weighted by Gasteiger charge is 2.13. The third kappa shape index (κ3) is 3.27. The van der Waals surface area contributed by atoms with E-state index in [0.29, 0.717) is 6.07 Å². The summed E-state index contributed by atoms with van der Waals surface area (Å²) in [6.07, 6.45) is -1.14. The van der Waals surface area contributed by atoms with Crippen LogP contribution in [0.4, 0.5) is 23.2 Å². The van der Waals surface area contributed by atoms with Gasteiger partial charge in [-0.25, -0.2) is 17.6 Å². The maximum atomic E-state index is 13.4. The van der Waals surface area contributed by atoms with E-state index in [-0.39, 0.29) is 12.1 Å². The second-order valence-electron chi connectivity index (χ2n) is 4.20. The fraction of sp³-hybridized carbons (Fsp3) is 0.143. The van der Waals surface area contributed by atoms with E-state index in [4.69, 9.17) is 0 Å². The predicted octanol–water partition coefficient (Wildman–Crippen LogP) is 3.39. The van der Waals surface area contributed by atoms with E-state index < -0.39 is 35.1 Å². The fourth-order valence-electron chi connectivity index (χ4n) is 1.72. The molecule has 6 heteroatoms. The lowest BCUT2D eigenvalue weighted by Crippen LogP contribution is -2.13.